The van der Waals surface area contributed by atoms with Gasteiger partial charge in [-0.25, -0.2) is 0 Å². The van der Waals surface area contributed by atoms with Crippen LogP contribution in [0.25, 0.3) is 0 Å². The number of carbonyl (C=O) groups is 3. The number of carboxylic acids is 1. The van der Waals surface area contributed by atoms with Crippen molar-refractivity contribution < 1.29 is 24.2 Å². The Morgan fingerprint density at radius 3 is 2.52 bits per heavy atom. The number of ketones is 1. The van der Waals surface area contributed by atoms with E-state index in [1.165, 1.54) is 6.92 Å². The number of hydrogen-bond donors (Lipinski definition) is 1. The fraction of sp³-hybridized carbons (Fsp3) is 0.864. The Bertz CT molecular complexity index is 628. The molecule has 0 unspecified atom stereocenters. The highest BCUT2D eigenvalue weighted by Gasteiger charge is 2.60. The van der Waals surface area contributed by atoms with Crippen molar-refractivity contribution >= 4 is 17.7 Å². The third kappa shape index (κ3) is 3.42. The topological polar surface area (TPSA) is 80.7 Å². The van der Waals surface area contributed by atoms with Gasteiger partial charge in [-0.1, -0.05) is 13.8 Å². The Morgan fingerprint density at radius 1 is 1.19 bits per heavy atom. The zero-order valence-corrected chi connectivity index (χ0v) is 17.1. The maximum Gasteiger partial charge on any atom is 0.303 e. The molecule has 0 aromatic heterocycles. The van der Waals surface area contributed by atoms with E-state index in [2.05, 4.69) is 6.92 Å². The van der Waals surface area contributed by atoms with Gasteiger partial charge in [-0.3, -0.25) is 14.4 Å². The minimum Gasteiger partial charge on any atom is -0.481 e. The Hall–Kier alpha value is -1.39. The van der Waals surface area contributed by atoms with E-state index in [0.29, 0.717) is 36.5 Å². The molecule has 7 atom stereocenters. The summed E-state index contributed by atoms with van der Waals surface area (Å²) in [4.78, 5) is 35.4. The second kappa shape index (κ2) is 7.21. The Kier molecular flexibility index (Phi) is 5.44. The van der Waals surface area contributed by atoms with Crippen molar-refractivity contribution in [2.75, 3.05) is 0 Å². The monoisotopic (exact) mass is 378 g/mol. The van der Waals surface area contributed by atoms with Crippen molar-refractivity contribution in [2.24, 2.45) is 34.5 Å². The summed E-state index contributed by atoms with van der Waals surface area (Å²) in [6, 6.07) is 0. The molecule has 3 aliphatic carbocycles. The molecule has 5 heteroatoms. The Balaban J connectivity index is 1.82. The highest BCUT2D eigenvalue weighted by atomic mass is 16.5. The van der Waals surface area contributed by atoms with E-state index in [9.17, 15) is 14.4 Å². The number of fused-ring (bicyclic) bond motifs is 3. The van der Waals surface area contributed by atoms with Gasteiger partial charge >= 0.3 is 11.9 Å². The largest absolute Gasteiger partial charge is 0.481 e. The number of carboxylic acid groups (broad SMARTS) is 1. The summed E-state index contributed by atoms with van der Waals surface area (Å²) in [5.41, 5.74) is -0.355. The Labute approximate surface area is 162 Å². The molecule has 3 fully saturated rings. The predicted molar refractivity (Wildman–Crippen MR) is 101 cm³/mol. The maximum absolute atomic E-state index is 12.8. The first-order valence-electron chi connectivity index (χ1n) is 10.5. The molecule has 0 heterocycles. The maximum atomic E-state index is 12.8. The molecule has 0 radical (unpaired) electrons. The molecular formula is C22H34O5. The number of esters is 1. The zero-order valence-electron chi connectivity index (χ0n) is 17.1. The van der Waals surface area contributed by atoms with Crippen LogP contribution in [0.4, 0.5) is 0 Å². The summed E-state index contributed by atoms with van der Waals surface area (Å²) < 4.78 is 5.55. The lowest BCUT2D eigenvalue weighted by Gasteiger charge is -2.56. The molecule has 152 valence electrons. The minimum absolute atomic E-state index is 0.0690. The summed E-state index contributed by atoms with van der Waals surface area (Å²) in [5.74, 6) is 0.910. The molecule has 0 aromatic carbocycles. The van der Waals surface area contributed by atoms with Gasteiger partial charge in [0.2, 0.25) is 0 Å². The van der Waals surface area contributed by atoms with E-state index in [1.54, 1.807) is 0 Å². The van der Waals surface area contributed by atoms with Crippen LogP contribution < -0.4 is 0 Å². The molecule has 1 N–H and O–H groups in total. The van der Waals surface area contributed by atoms with Crippen molar-refractivity contribution in [1.29, 1.82) is 0 Å². The second-order valence-corrected chi connectivity index (χ2v) is 9.69. The molecule has 0 aromatic rings. The number of rotatable bonds is 5. The average Bonchev–Trinajstić information content (AvgIpc) is 2.93. The third-order valence-corrected chi connectivity index (χ3v) is 8.45. The van der Waals surface area contributed by atoms with E-state index < -0.39 is 11.4 Å². The van der Waals surface area contributed by atoms with Crippen LogP contribution in [0.15, 0.2) is 0 Å². The summed E-state index contributed by atoms with van der Waals surface area (Å²) >= 11 is 0. The summed E-state index contributed by atoms with van der Waals surface area (Å²) in [5, 5.41) is 9.15. The van der Waals surface area contributed by atoms with Gasteiger partial charge in [0, 0.05) is 31.1 Å². The normalized spacial score (nSPS) is 42.1. The third-order valence-electron chi connectivity index (χ3n) is 8.45. The first-order valence-corrected chi connectivity index (χ1v) is 10.5. The molecular weight excluding hydrogens is 344 g/mol. The fourth-order valence-electron chi connectivity index (χ4n) is 7.12. The van der Waals surface area contributed by atoms with Crippen LogP contribution in [0, 0.1) is 34.5 Å². The molecule has 5 nitrogen and oxygen atoms in total. The molecule has 0 bridgehead atoms. The van der Waals surface area contributed by atoms with E-state index >= 15 is 0 Å². The lowest BCUT2D eigenvalue weighted by atomic mass is 9.48. The minimum atomic E-state index is -0.817. The summed E-state index contributed by atoms with van der Waals surface area (Å²) in [6.45, 7) is 7.87. The zero-order chi connectivity index (χ0) is 20.0. The highest BCUT2D eigenvalue weighted by molar-refractivity contribution is 5.86. The predicted octanol–water partition coefficient (Wildman–Crippen LogP) is 4.23. The fourth-order valence-corrected chi connectivity index (χ4v) is 7.12. The van der Waals surface area contributed by atoms with E-state index in [4.69, 9.17) is 9.84 Å². The van der Waals surface area contributed by atoms with Gasteiger partial charge in [0.05, 0.1) is 0 Å². The molecule has 0 spiro atoms. The molecule has 3 aliphatic rings. The van der Waals surface area contributed by atoms with Crippen LogP contribution in [0.2, 0.25) is 0 Å². The average molecular weight is 379 g/mol. The van der Waals surface area contributed by atoms with Crippen LogP contribution in [-0.2, 0) is 19.1 Å². The van der Waals surface area contributed by atoms with Crippen molar-refractivity contribution in [3.05, 3.63) is 0 Å². The van der Waals surface area contributed by atoms with Gasteiger partial charge in [-0.15, -0.1) is 0 Å². The molecule has 0 saturated heterocycles. The van der Waals surface area contributed by atoms with Crippen molar-refractivity contribution in [3.8, 4) is 0 Å². The first kappa shape index (κ1) is 20.3. The lowest BCUT2D eigenvalue weighted by Crippen LogP contribution is -2.53. The standard InChI is InChI=1S/C22H34O5/c1-13(27-14(2)23)16-6-7-17-15-5-8-19(24)22(4,12-10-20(25)26)18(15)9-11-21(16,17)3/h13,15-18H,5-12H2,1-4H3,(H,25,26)/t13-,15+,16+,17-,18-,21+,22-/m1/s1. The van der Waals surface area contributed by atoms with Crippen molar-refractivity contribution in [2.45, 2.75) is 85.2 Å². The van der Waals surface area contributed by atoms with Crippen LogP contribution in [0.1, 0.15) is 79.1 Å². The second-order valence-electron chi connectivity index (χ2n) is 9.69. The van der Waals surface area contributed by atoms with Gasteiger partial charge in [0.1, 0.15) is 11.9 Å². The van der Waals surface area contributed by atoms with Gasteiger partial charge < -0.3 is 9.84 Å². The molecule has 0 amide bonds. The number of ether oxygens (including phenoxy) is 1. The molecule has 3 rings (SSSR count). The number of carbonyl (C=O) groups excluding carboxylic acids is 2. The SMILES string of the molecule is CC(=O)O[C@H](C)[C@@H]1CC[C@@H]2[C@@H]3CCC(=O)[C@](C)(CCC(=O)O)[C@@H]3CC[C@]21C. The van der Waals surface area contributed by atoms with Gasteiger partial charge in [0.25, 0.3) is 0 Å². The van der Waals surface area contributed by atoms with Crippen LogP contribution >= 0.6 is 0 Å². The van der Waals surface area contributed by atoms with Crippen molar-refractivity contribution in [1.82, 2.24) is 0 Å². The molecule has 3 saturated carbocycles. The Morgan fingerprint density at radius 2 is 1.89 bits per heavy atom. The molecule has 0 aliphatic heterocycles. The van der Waals surface area contributed by atoms with Crippen LogP contribution in [0.3, 0.4) is 0 Å². The number of hydrogen-bond acceptors (Lipinski definition) is 4. The summed E-state index contributed by atoms with van der Waals surface area (Å²) in [6.07, 6.45) is 6.16. The van der Waals surface area contributed by atoms with Crippen LogP contribution in [0.5, 0.6) is 0 Å². The first-order chi connectivity index (χ1) is 12.6. The van der Waals surface area contributed by atoms with Gasteiger partial charge in [0.15, 0.2) is 0 Å². The lowest BCUT2D eigenvalue weighted by molar-refractivity contribution is -0.157. The number of Topliss-reactive ketones (excluding diaryl/α,β-unsaturated/α-hetero) is 1. The van der Waals surface area contributed by atoms with E-state index in [0.717, 1.165) is 32.1 Å². The van der Waals surface area contributed by atoms with E-state index in [-0.39, 0.29) is 29.7 Å². The summed E-state index contributed by atoms with van der Waals surface area (Å²) in [7, 11) is 0. The van der Waals surface area contributed by atoms with Gasteiger partial charge in [-0.2, -0.15) is 0 Å². The molecule has 27 heavy (non-hydrogen) atoms. The van der Waals surface area contributed by atoms with Crippen LogP contribution in [-0.4, -0.2) is 28.9 Å². The quantitative estimate of drug-likeness (QED) is 0.724. The van der Waals surface area contributed by atoms with E-state index in [1.807, 2.05) is 13.8 Å². The smallest absolute Gasteiger partial charge is 0.303 e. The number of aliphatic carboxylic acids is 1. The van der Waals surface area contributed by atoms with Gasteiger partial charge in [-0.05, 0) is 68.6 Å². The highest BCUT2D eigenvalue weighted by Crippen LogP contribution is 2.65. The van der Waals surface area contributed by atoms with Crippen molar-refractivity contribution in [3.63, 3.8) is 0 Å².